The second kappa shape index (κ2) is 6.03. The minimum absolute atomic E-state index is 0.110. The number of phenols is 1. The van der Waals surface area contributed by atoms with E-state index in [0.29, 0.717) is 12.2 Å². The predicted octanol–water partition coefficient (Wildman–Crippen LogP) is 2.28. The van der Waals surface area contributed by atoms with Gasteiger partial charge in [0, 0.05) is 0 Å². The second-order valence-corrected chi connectivity index (χ2v) is 3.09. The highest BCUT2D eigenvalue weighted by Gasteiger charge is 2.07. The minimum Gasteiger partial charge on any atom is -0.508 e. The zero-order chi connectivity index (χ0) is 11.1. The van der Waals surface area contributed by atoms with E-state index in [1.165, 1.54) is 24.3 Å². The maximum atomic E-state index is 11.3. The Morgan fingerprint density at radius 3 is 2.60 bits per heavy atom. The summed E-state index contributed by atoms with van der Waals surface area (Å²) in [6, 6.07) is 5.78. The van der Waals surface area contributed by atoms with E-state index in [2.05, 4.69) is 4.89 Å². The molecule has 4 nitrogen and oxygen atoms in total. The molecule has 1 aromatic rings. The van der Waals surface area contributed by atoms with Crippen LogP contribution in [-0.4, -0.2) is 17.7 Å². The molecule has 4 heteroatoms. The SMILES string of the molecule is CCCCOOC(=O)c1ccc(O)cc1. The third-order valence-electron chi connectivity index (χ3n) is 1.82. The molecule has 0 unspecified atom stereocenters. The highest BCUT2D eigenvalue weighted by Crippen LogP contribution is 2.10. The molecule has 1 N–H and O–H groups in total. The predicted molar refractivity (Wildman–Crippen MR) is 54.4 cm³/mol. The molecule has 0 amide bonds. The molecule has 0 aliphatic heterocycles. The topological polar surface area (TPSA) is 55.8 Å². The van der Waals surface area contributed by atoms with Gasteiger partial charge >= 0.3 is 5.97 Å². The normalized spacial score (nSPS) is 9.93. The average molecular weight is 210 g/mol. The Balaban J connectivity index is 2.37. The van der Waals surface area contributed by atoms with Crippen LogP contribution in [-0.2, 0) is 9.78 Å². The molecule has 0 aliphatic carbocycles. The van der Waals surface area contributed by atoms with Crippen LogP contribution in [0.15, 0.2) is 24.3 Å². The Bertz CT molecular complexity index is 305. The van der Waals surface area contributed by atoms with Gasteiger partial charge in [0.25, 0.3) is 0 Å². The van der Waals surface area contributed by atoms with Crippen LogP contribution >= 0.6 is 0 Å². The van der Waals surface area contributed by atoms with Crippen molar-refractivity contribution >= 4 is 5.97 Å². The number of benzene rings is 1. The summed E-state index contributed by atoms with van der Waals surface area (Å²) >= 11 is 0. The number of phenolic OH excluding ortho intramolecular Hbond substituents is 1. The van der Waals surface area contributed by atoms with E-state index in [0.717, 1.165) is 12.8 Å². The van der Waals surface area contributed by atoms with E-state index >= 15 is 0 Å². The molecule has 0 saturated heterocycles. The van der Waals surface area contributed by atoms with Gasteiger partial charge in [-0.1, -0.05) is 13.3 Å². The van der Waals surface area contributed by atoms with Gasteiger partial charge in [-0.3, -0.25) is 4.89 Å². The summed E-state index contributed by atoms with van der Waals surface area (Å²) in [5, 5.41) is 9.00. The third-order valence-corrected chi connectivity index (χ3v) is 1.82. The lowest BCUT2D eigenvalue weighted by molar-refractivity contribution is -0.241. The molecule has 0 saturated carbocycles. The molecule has 82 valence electrons. The van der Waals surface area contributed by atoms with Crippen molar-refractivity contribution in [2.24, 2.45) is 0 Å². The molecule has 1 aromatic carbocycles. The lowest BCUT2D eigenvalue weighted by Crippen LogP contribution is -2.06. The maximum absolute atomic E-state index is 11.3. The zero-order valence-electron chi connectivity index (χ0n) is 8.60. The largest absolute Gasteiger partial charge is 0.508 e. The number of aromatic hydroxyl groups is 1. The van der Waals surface area contributed by atoms with E-state index in [1.807, 2.05) is 6.92 Å². The summed E-state index contributed by atoms with van der Waals surface area (Å²) in [5.41, 5.74) is 0.351. The molecular weight excluding hydrogens is 196 g/mol. The molecule has 0 aromatic heterocycles. The summed E-state index contributed by atoms with van der Waals surface area (Å²) in [7, 11) is 0. The van der Waals surface area contributed by atoms with Crippen molar-refractivity contribution in [3.63, 3.8) is 0 Å². The lowest BCUT2D eigenvalue weighted by atomic mass is 10.2. The van der Waals surface area contributed by atoms with Crippen molar-refractivity contribution in [3.8, 4) is 5.75 Å². The van der Waals surface area contributed by atoms with Gasteiger partial charge in [0.1, 0.15) is 5.75 Å². The quantitative estimate of drug-likeness (QED) is 0.460. The average Bonchev–Trinajstić information content (AvgIpc) is 2.25. The first-order valence-electron chi connectivity index (χ1n) is 4.87. The van der Waals surface area contributed by atoms with Gasteiger partial charge in [-0.25, -0.2) is 4.79 Å². The Hall–Kier alpha value is -1.55. The molecule has 0 spiro atoms. The number of hydrogen-bond donors (Lipinski definition) is 1. The fourth-order valence-corrected chi connectivity index (χ4v) is 0.944. The lowest BCUT2D eigenvalue weighted by Gasteiger charge is -2.02. The summed E-state index contributed by atoms with van der Waals surface area (Å²) in [4.78, 5) is 20.5. The number of hydrogen-bond acceptors (Lipinski definition) is 4. The van der Waals surface area contributed by atoms with Gasteiger partial charge in [-0.15, -0.1) is 0 Å². The van der Waals surface area contributed by atoms with Crippen molar-refractivity contribution in [1.29, 1.82) is 0 Å². The van der Waals surface area contributed by atoms with E-state index in [-0.39, 0.29) is 5.75 Å². The Kier molecular flexibility index (Phi) is 4.63. The number of rotatable bonds is 5. The van der Waals surface area contributed by atoms with Gasteiger partial charge < -0.3 is 5.11 Å². The van der Waals surface area contributed by atoms with Crippen LogP contribution in [0.5, 0.6) is 5.75 Å². The van der Waals surface area contributed by atoms with Crippen molar-refractivity contribution in [2.45, 2.75) is 19.8 Å². The molecule has 1 rings (SSSR count). The third kappa shape index (κ3) is 3.99. The van der Waals surface area contributed by atoms with Crippen molar-refractivity contribution < 1.29 is 19.7 Å². The smallest absolute Gasteiger partial charge is 0.373 e. The number of carbonyl (C=O) groups is 1. The first-order valence-corrected chi connectivity index (χ1v) is 4.87. The number of carbonyl (C=O) groups excluding carboxylic acids is 1. The van der Waals surface area contributed by atoms with Gasteiger partial charge in [0.05, 0.1) is 12.2 Å². The Morgan fingerprint density at radius 1 is 1.33 bits per heavy atom. The van der Waals surface area contributed by atoms with Crippen LogP contribution < -0.4 is 0 Å². The van der Waals surface area contributed by atoms with E-state index < -0.39 is 5.97 Å². The molecule has 0 aliphatic rings. The first kappa shape index (κ1) is 11.5. The van der Waals surface area contributed by atoms with Gasteiger partial charge in [-0.05, 0) is 30.7 Å². The van der Waals surface area contributed by atoms with Gasteiger partial charge in [-0.2, -0.15) is 4.89 Å². The van der Waals surface area contributed by atoms with Gasteiger partial charge in [0.2, 0.25) is 0 Å². The highest BCUT2D eigenvalue weighted by atomic mass is 17.2. The van der Waals surface area contributed by atoms with Crippen molar-refractivity contribution in [3.05, 3.63) is 29.8 Å². The van der Waals surface area contributed by atoms with Gasteiger partial charge in [0.15, 0.2) is 0 Å². The Labute approximate surface area is 88.4 Å². The van der Waals surface area contributed by atoms with Crippen LogP contribution in [0.1, 0.15) is 30.1 Å². The van der Waals surface area contributed by atoms with Crippen molar-refractivity contribution in [1.82, 2.24) is 0 Å². The molecule has 0 fully saturated rings. The molecule has 0 bridgehead atoms. The Morgan fingerprint density at radius 2 is 2.00 bits per heavy atom. The molecular formula is C11H14O4. The molecule has 0 atom stereocenters. The van der Waals surface area contributed by atoms with Crippen LogP contribution in [0.25, 0.3) is 0 Å². The van der Waals surface area contributed by atoms with E-state index in [4.69, 9.17) is 9.99 Å². The van der Waals surface area contributed by atoms with Crippen LogP contribution in [0, 0.1) is 0 Å². The minimum atomic E-state index is -0.550. The van der Waals surface area contributed by atoms with Crippen LogP contribution in [0.2, 0.25) is 0 Å². The first-order chi connectivity index (χ1) is 7.24. The summed E-state index contributed by atoms with van der Waals surface area (Å²) in [5.74, 6) is -0.440. The molecule has 0 radical (unpaired) electrons. The fraction of sp³-hybridized carbons (Fsp3) is 0.364. The van der Waals surface area contributed by atoms with E-state index in [9.17, 15) is 4.79 Å². The molecule has 0 heterocycles. The summed E-state index contributed by atoms with van der Waals surface area (Å²) < 4.78 is 0. The monoisotopic (exact) mass is 210 g/mol. The van der Waals surface area contributed by atoms with Crippen LogP contribution in [0.3, 0.4) is 0 Å². The zero-order valence-corrected chi connectivity index (χ0v) is 8.60. The van der Waals surface area contributed by atoms with E-state index in [1.54, 1.807) is 0 Å². The van der Waals surface area contributed by atoms with Crippen molar-refractivity contribution in [2.75, 3.05) is 6.61 Å². The standard InChI is InChI=1S/C11H14O4/c1-2-3-8-14-15-11(13)9-4-6-10(12)7-5-9/h4-7,12H,2-3,8H2,1H3. The number of unbranched alkanes of at least 4 members (excludes halogenated alkanes) is 1. The fourth-order valence-electron chi connectivity index (χ4n) is 0.944. The van der Waals surface area contributed by atoms with Crippen LogP contribution in [0.4, 0.5) is 0 Å². The molecule has 15 heavy (non-hydrogen) atoms. The highest BCUT2D eigenvalue weighted by molar-refractivity contribution is 5.89. The maximum Gasteiger partial charge on any atom is 0.373 e. The summed E-state index contributed by atoms with van der Waals surface area (Å²) in [6.45, 7) is 2.42. The second-order valence-electron chi connectivity index (χ2n) is 3.09. The summed E-state index contributed by atoms with van der Waals surface area (Å²) in [6.07, 6.45) is 1.83.